The molecular weight excluding hydrogens is 238 g/mol. The SMILES string of the molecule is Cc1[nH]c2c(C)cccc2c1C(=O)NC(C)(C)CN. The van der Waals surface area contributed by atoms with Gasteiger partial charge in [-0.2, -0.15) is 0 Å². The Morgan fingerprint density at radius 1 is 1.37 bits per heavy atom. The summed E-state index contributed by atoms with van der Waals surface area (Å²) in [4.78, 5) is 15.7. The first kappa shape index (κ1) is 13.6. The summed E-state index contributed by atoms with van der Waals surface area (Å²) in [6.07, 6.45) is 0. The summed E-state index contributed by atoms with van der Waals surface area (Å²) in [5.74, 6) is -0.0789. The summed E-state index contributed by atoms with van der Waals surface area (Å²) < 4.78 is 0. The van der Waals surface area contributed by atoms with E-state index in [2.05, 4.69) is 10.3 Å². The molecule has 0 radical (unpaired) electrons. The fraction of sp³-hybridized carbons (Fsp3) is 0.400. The third-order valence-electron chi connectivity index (χ3n) is 3.42. The molecule has 1 aromatic heterocycles. The molecule has 0 aliphatic carbocycles. The molecule has 4 N–H and O–H groups in total. The average Bonchev–Trinajstić information content (AvgIpc) is 2.66. The van der Waals surface area contributed by atoms with Gasteiger partial charge in [-0.3, -0.25) is 4.79 Å². The molecule has 0 aliphatic rings. The lowest BCUT2D eigenvalue weighted by molar-refractivity contribution is 0.0917. The van der Waals surface area contributed by atoms with Crippen LogP contribution in [0.3, 0.4) is 0 Å². The largest absolute Gasteiger partial charge is 0.358 e. The Morgan fingerprint density at radius 3 is 2.68 bits per heavy atom. The lowest BCUT2D eigenvalue weighted by Crippen LogP contribution is -2.48. The van der Waals surface area contributed by atoms with E-state index in [0.29, 0.717) is 12.1 Å². The first-order chi connectivity index (χ1) is 8.85. The number of aryl methyl sites for hydroxylation is 2. The van der Waals surface area contributed by atoms with E-state index < -0.39 is 5.54 Å². The third-order valence-corrected chi connectivity index (χ3v) is 3.42. The van der Waals surface area contributed by atoms with Crippen molar-refractivity contribution in [1.82, 2.24) is 10.3 Å². The molecule has 0 unspecified atom stereocenters. The summed E-state index contributed by atoms with van der Waals surface area (Å²) >= 11 is 0. The Kier molecular flexibility index (Phi) is 3.37. The third kappa shape index (κ3) is 2.49. The molecule has 0 aliphatic heterocycles. The summed E-state index contributed by atoms with van der Waals surface area (Å²) in [6.45, 7) is 8.19. The number of carbonyl (C=O) groups is 1. The standard InChI is InChI=1S/C15H21N3O/c1-9-6-5-7-11-12(10(2)17-13(9)11)14(19)18-15(3,4)8-16/h5-7,17H,8,16H2,1-4H3,(H,18,19). The van der Waals surface area contributed by atoms with Gasteiger partial charge in [-0.25, -0.2) is 0 Å². The fourth-order valence-electron chi connectivity index (χ4n) is 2.21. The van der Waals surface area contributed by atoms with Crippen LogP contribution in [0, 0.1) is 13.8 Å². The van der Waals surface area contributed by atoms with Gasteiger partial charge in [-0.15, -0.1) is 0 Å². The summed E-state index contributed by atoms with van der Waals surface area (Å²) in [7, 11) is 0. The number of aromatic nitrogens is 1. The van der Waals surface area contributed by atoms with E-state index in [1.807, 2.05) is 45.9 Å². The van der Waals surface area contributed by atoms with Gasteiger partial charge >= 0.3 is 0 Å². The number of benzene rings is 1. The van der Waals surface area contributed by atoms with Crippen LogP contribution in [-0.4, -0.2) is 23.0 Å². The van der Waals surface area contributed by atoms with Crippen molar-refractivity contribution in [1.29, 1.82) is 0 Å². The van der Waals surface area contributed by atoms with Gasteiger partial charge in [-0.1, -0.05) is 18.2 Å². The number of nitrogens with two attached hydrogens (primary N) is 1. The molecule has 0 spiro atoms. The maximum atomic E-state index is 12.4. The second-order valence-corrected chi connectivity index (χ2v) is 5.66. The molecule has 1 heterocycles. The lowest BCUT2D eigenvalue weighted by Gasteiger charge is -2.24. The van der Waals surface area contributed by atoms with Gasteiger partial charge in [0.2, 0.25) is 0 Å². The molecule has 0 saturated heterocycles. The van der Waals surface area contributed by atoms with Gasteiger partial charge in [0.25, 0.3) is 5.91 Å². The van der Waals surface area contributed by atoms with Gasteiger partial charge in [0.15, 0.2) is 0 Å². The van der Waals surface area contributed by atoms with E-state index in [1.165, 1.54) is 0 Å². The quantitative estimate of drug-likeness (QED) is 0.791. The lowest BCUT2D eigenvalue weighted by atomic mass is 10.0. The number of hydrogen-bond donors (Lipinski definition) is 3. The van der Waals surface area contributed by atoms with E-state index in [9.17, 15) is 4.79 Å². The van der Waals surface area contributed by atoms with Crippen molar-refractivity contribution in [2.24, 2.45) is 5.73 Å². The zero-order valence-corrected chi connectivity index (χ0v) is 11.9. The minimum absolute atomic E-state index is 0.0789. The maximum Gasteiger partial charge on any atom is 0.254 e. The minimum Gasteiger partial charge on any atom is -0.358 e. The highest BCUT2D eigenvalue weighted by molar-refractivity contribution is 6.08. The van der Waals surface area contributed by atoms with E-state index >= 15 is 0 Å². The highest BCUT2D eigenvalue weighted by Crippen LogP contribution is 2.24. The summed E-state index contributed by atoms with van der Waals surface area (Å²) in [5, 5.41) is 3.94. The second-order valence-electron chi connectivity index (χ2n) is 5.66. The topological polar surface area (TPSA) is 70.9 Å². The Bertz CT molecular complexity index is 626. The summed E-state index contributed by atoms with van der Waals surface area (Å²) in [5.41, 5.74) is 9.01. The number of fused-ring (bicyclic) bond motifs is 1. The molecule has 0 bridgehead atoms. The van der Waals surface area contributed by atoms with E-state index in [-0.39, 0.29) is 5.91 Å². The van der Waals surface area contributed by atoms with Gasteiger partial charge in [0.1, 0.15) is 0 Å². The Balaban J connectivity index is 2.48. The van der Waals surface area contributed by atoms with Crippen LogP contribution in [0.5, 0.6) is 0 Å². The molecule has 19 heavy (non-hydrogen) atoms. The number of nitrogens with one attached hydrogen (secondary N) is 2. The number of rotatable bonds is 3. The van der Waals surface area contributed by atoms with Crippen LogP contribution < -0.4 is 11.1 Å². The Hall–Kier alpha value is -1.81. The zero-order valence-electron chi connectivity index (χ0n) is 11.9. The predicted octanol–water partition coefficient (Wildman–Crippen LogP) is 2.25. The van der Waals surface area contributed by atoms with E-state index in [1.54, 1.807) is 0 Å². The number of aromatic amines is 1. The van der Waals surface area contributed by atoms with Crippen molar-refractivity contribution in [3.8, 4) is 0 Å². The number of amides is 1. The van der Waals surface area contributed by atoms with Crippen molar-refractivity contribution in [2.75, 3.05) is 6.54 Å². The minimum atomic E-state index is -0.406. The van der Waals surface area contributed by atoms with Crippen molar-refractivity contribution >= 4 is 16.8 Å². The van der Waals surface area contributed by atoms with Crippen molar-refractivity contribution in [3.63, 3.8) is 0 Å². The van der Waals surface area contributed by atoms with Crippen LogP contribution in [0.15, 0.2) is 18.2 Å². The molecule has 1 aromatic carbocycles. The van der Waals surface area contributed by atoms with Gasteiger partial charge < -0.3 is 16.0 Å². The predicted molar refractivity (Wildman–Crippen MR) is 78.4 cm³/mol. The maximum absolute atomic E-state index is 12.4. The monoisotopic (exact) mass is 259 g/mol. The molecule has 0 atom stereocenters. The molecule has 0 saturated carbocycles. The Morgan fingerprint density at radius 2 is 2.05 bits per heavy atom. The summed E-state index contributed by atoms with van der Waals surface area (Å²) in [6, 6.07) is 5.97. The van der Waals surface area contributed by atoms with Gasteiger partial charge in [0.05, 0.1) is 5.56 Å². The van der Waals surface area contributed by atoms with E-state index in [4.69, 9.17) is 5.73 Å². The molecule has 102 valence electrons. The molecule has 4 nitrogen and oxygen atoms in total. The molecular formula is C15H21N3O. The van der Waals surface area contributed by atoms with Crippen LogP contribution >= 0.6 is 0 Å². The van der Waals surface area contributed by atoms with E-state index in [0.717, 1.165) is 22.2 Å². The van der Waals surface area contributed by atoms with Crippen LogP contribution in [0.4, 0.5) is 0 Å². The van der Waals surface area contributed by atoms with Gasteiger partial charge in [0, 0.05) is 28.7 Å². The zero-order chi connectivity index (χ0) is 14.2. The highest BCUT2D eigenvalue weighted by Gasteiger charge is 2.23. The Labute approximate surface area is 113 Å². The molecule has 2 aromatic rings. The number of hydrogen-bond acceptors (Lipinski definition) is 2. The number of carbonyl (C=O) groups excluding carboxylic acids is 1. The smallest absolute Gasteiger partial charge is 0.254 e. The van der Waals surface area contributed by atoms with Crippen LogP contribution in [-0.2, 0) is 0 Å². The van der Waals surface area contributed by atoms with Gasteiger partial charge in [-0.05, 0) is 33.3 Å². The van der Waals surface area contributed by atoms with Crippen LogP contribution in [0.25, 0.3) is 10.9 Å². The average molecular weight is 259 g/mol. The molecule has 4 heteroatoms. The second kappa shape index (κ2) is 4.70. The molecule has 0 fully saturated rings. The van der Waals surface area contributed by atoms with Crippen molar-refractivity contribution in [2.45, 2.75) is 33.2 Å². The van der Waals surface area contributed by atoms with Crippen LogP contribution in [0.2, 0.25) is 0 Å². The van der Waals surface area contributed by atoms with Crippen molar-refractivity contribution in [3.05, 3.63) is 35.0 Å². The molecule has 2 rings (SSSR count). The fourth-order valence-corrected chi connectivity index (χ4v) is 2.21. The van der Waals surface area contributed by atoms with Crippen molar-refractivity contribution < 1.29 is 4.79 Å². The molecule has 1 amide bonds. The first-order valence-corrected chi connectivity index (χ1v) is 6.46. The normalized spacial score (nSPS) is 11.8. The van der Waals surface area contributed by atoms with Crippen LogP contribution in [0.1, 0.15) is 35.5 Å². The highest BCUT2D eigenvalue weighted by atomic mass is 16.1. The first-order valence-electron chi connectivity index (χ1n) is 6.46. The number of para-hydroxylation sites is 1. The number of H-pyrrole nitrogens is 1.